The van der Waals surface area contributed by atoms with Gasteiger partial charge in [0.2, 0.25) is 0 Å². The highest BCUT2D eigenvalue weighted by atomic mass is 32.2. The van der Waals surface area contributed by atoms with E-state index in [1.54, 1.807) is 0 Å². The fraction of sp³-hybridized carbons (Fsp3) is 0.667. The maximum Gasteiger partial charge on any atom is 0.0960 e. The molecule has 1 aromatic rings. The van der Waals surface area contributed by atoms with Crippen LogP contribution in [-0.2, 0) is 7.05 Å². The summed E-state index contributed by atoms with van der Waals surface area (Å²) in [6.45, 7) is 2.23. The summed E-state index contributed by atoms with van der Waals surface area (Å²) in [5, 5.41) is 4.03. The van der Waals surface area contributed by atoms with Crippen molar-refractivity contribution in [3.63, 3.8) is 0 Å². The molecule has 3 nitrogen and oxygen atoms in total. The van der Waals surface area contributed by atoms with Crippen molar-refractivity contribution in [3.8, 4) is 0 Å². The van der Waals surface area contributed by atoms with Crippen molar-refractivity contribution in [3.05, 3.63) is 18.2 Å². The summed E-state index contributed by atoms with van der Waals surface area (Å²) in [6.07, 6.45) is 5.01. The predicted octanol–water partition coefficient (Wildman–Crippen LogP) is 1.53. The minimum absolute atomic E-state index is 0.442. The monoisotopic (exact) mass is 197 g/mol. The third kappa shape index (κ3) is 1.74. The summed E-state index contributed by atoms with van der Waals surface area (Å²) in [4.78, 5) is 4.13. The van der Waals surface area contributed by atoms with Crippen LogP contribution >= 0.6 is 11.8 Å². The average molecular weight is 197 g/mol. The molecular formula is C9H15N3S. The van der Waals surface area contributed by atoms with Crippen LogP contribution in [0, 0.1) is 0 Å². The van der Waals surface area contributed by atoms with Gasteiger partial charge in [0, 0.05) is 18.8 Å². The first-order valence-corrected chi connectivity index (χ1v) is 5.70. The van der Waals surface area contributed by atoms with E-state index in [4.69, 9.17) is 0 Å². The minimum Gasteiger partial charge on any atom is -0.336 e. The second-order valence-electron chi connectivity index (χ2n) is 3.41. The summed E-state index contributed by atoms with van der Waals surface area (Å²) in [5.74, 6) is 1.21. The second-order valence-corrected chi connectivity index (χ2v) is 4.55. The van der Waals surface area contributed by atoms with Gasteiger partial charge in [0.15, 0.2) is 0 Å². The van der Waals surface area contributed by atoms with Gasteiger partial charge < -0.3 is 4.57 Å². The maximum atomic E-state index is 4.13. The molecule has 1 N–H and O–H groups in total. The number of thioether (sulfide) groups is 1. The summed E-state index contributed by atoms with van der Waals surface area (Å²) in [7, 11) is 2.05. The zero-order chi connectivity index (χ0) is 9.26. The number of hydrogen-bond donors (Lipinski definition) is 1. The molecule has 0 aromatic carbocycles. The summed E-state index contributed by atoms with van der Waals surface area (Å²) >= 11 is 1.97. The zero-order valence-corrected chi connectivity index (χ0v) is 8.84. The van der Waals surface area contributed by atoms with Gasteiger partial charge >= 0.3 is 0 Å². The van der Waals surface area contributed by atoms with E-state index >= 15 is 0 Å². The molecule has 1 aliphatic heterocycles. The van der Waals surface area contributed by atoms with Crippen LogP contribution in [0.15, 0.2) is 12.5 Å². The lowest BCUT2D eigenvalue weighted by Gasteiger charge is -2.11. The van der Waals surface area contributed by atoms with E-state index in [0.717, 1.165) is 0 Å². The summed E-state index contributed by atoms with van der Waals surface area (Å²) in [6, 6.07) is 0.671. The van der Waals surface area contributed by atoms with Gasteiger partial charge in [-0.3, -0.25) is 5.32 Å². The zero-order valence-electron chi connectivity index (χ0n) is 8.03. The standard InChI is InChI=1S/C9H15N3S/c1-3-7-5-13-9(11-7)8-4-10-6-12(8)2/h4,6-7,9,11H,3,5H2,1-2H3. The minimum atomic E-state index is 0.442. The first-order valence-electron chi connectivity index (χ1n) is 4.65. The van der Waals surface area contributed by atoms with E-state index in [2.05, 4.69) is 21.8 Å². The van der Waals surface area contributed by atoms with E-state index in [1.165, 1.54) is 17.9 Å². The first kappa shape index (κ1) is 9.09. The number of nitrogens with zero attached hydrogens (tertiary/aromatic N) is 2. The third-order valence-corrected chi connectivity index (χ3v) is 3.77. The van der Waals surface area contributed by atoms with Gasteiger partial charge in [-0.15, -0.1) is 11.8 Å². The van der Waals surface area contributed by atoms with Gasteiger partial charge in [0.1, 0.15) is 0 Å². The van der Waals surface area contributed by atoms with Crippen molar-refractivity contribution in [2.45, 2.75) is 24.8 Å². The molecule has 2 atom stereocenters. The molecule has 1 saturated heterocycles. The van der Waals surface area contributed by atoms with Crippen LogP contribution in [0.25, 0.3) is 0 Å². The Balaban J connectivity index is 2.08. The molecule has 0 bridgehead atoms. The fourth-order valence-corrected chi connectivity index (χ4v) is 2.99. The number of rotatable bonds is 2. The number of hydrogen-bond acceptors (Lipinski definition) is 3. The Labute approximate surface area is 82.9 Å². The van der Waals surface area contributed by atoms with Crippen molar-refractivity contribution in [2.75, 3.05) is 5.75 Å². The normalized spacial score (nSPS) is 28.2. The van der Waals surface area contributed by atoms with Crippen molar-refractivity contribution in [1.29, 1.82) is 0 Å². The van der Waals surface area contributed by atoms with E-state index in [-0.39, 0.29) is 0 Å². The number of imidazole rings is 1. The Morgan fingerprint density at radius 1 is 1.77 bits per heavy atom. The number of aryl methyl sites for hydroxylation is 1. The molecule has 0 aliphatic carbocycles. The highest BCUT2D eigenvalue weighted by molar-refractivity contribution is 7.99. The molecule has 2 rings (SSSR count). The maximum absolute atomic E-state index is 4.13. The van der Waals surface area contributed by atoms with Crippen LogP contribution in [0.2, 0.25) is 0 Å². The Hall–Kier alpha value is -0.480. The van der Waals surface area contributed by atoms with Crippen LogP contribution in [0.1, 0.15) is 24.4 Å². The molecule has 0 radical (unpaired) electrons. The Morgan fingerprint density at radius 2 is 2.62 bits per heavy atom. The van der Waals surface area contributed by atoms with Gasteiger partial charge in [-0.1, -0.05) is 6.92 Å². The van der Waals surface area contributed by atoms with E-state index in [1.807, 2.05) is 31.3 Å². The molecule has 1 aromatic heterocycles. The Morgan fingerprint density at radius 3 is 3.15 bits per heavy atom. The summed E-state index contributed by atoms with van der Waals surface area (Å²) < 4.78 is 2.09. The largest absolute Gasteiger partial charge is 0.336 e. The van der Waals surface area contributed by atoms with E-state index < -0.39 is 0 Å². The molecule has 0 saturated carbocycles. The molecule has 1 fully saturated rings. The molecular weight excluding hydrogens is 182 g/mol. The number of aromatic nitrogens is 2. The highest BCUT2D eigenvalue weighted by Gasteiger charge is 2.25. The lowest BCUT2D eigenvalue weighted by molar-refractivity contribution is 0.548. The molecule has 0 spiro atoms. The second kappa shape index (κ2) is 3.72. The van der Waals surface area contributed by atoms with Gasteiger partial charge in [0.05, 0.1) is 23.6 Å². The molecule has 72 valence electrons. The molecule has 2 unspecified atom stereocenters. The van der Waals surface area contributed by atoms with Crippen LogP contribution in [0.3, 0.4) is 0 Å². The lowest BCUT2D eigenvalue weighted by atomic mass is 10.2. The van der Waals surface area contributed by atoms with Crippen molar-refractivity contribution in [2.24, 2.45) is 7.05 Å². The topological polar surface area (TPSA) is 29.9 Å². The lowest BCUT2D eigenvalue weighted by Crippen LogP contribution is -2.25. The van der Waals surface area contributed by atoms with E-state index in [9.17, 15) is 0 Å². The van der Waals surface area contributed by atoms with Gasteiger partial charge in [-0.25, -0.2) is 4.98 Å². The molecule has 1 aliphatic rings. The average Bonchev–Trinajstić information content (AvgIpc) is 2.71. The highest BCUT2D eigenvalue weighted by Crippen LogP contribution is 2.32. The fourth-order valence-electron chi connectivity index (χ4n) is 1.55. The van der Waals surface area contributed by atoms with Crippen LogP contribution in [0.4, 0.5) is 0 Å². The summed E-state index contributed by atoms with van der Waals surface area (Å²) in [5.41, 5.74) is 1.28. The molecule has 13 heavy (non-hydrogen) atoms. The van der Waals surface area contributed by atoms with Crippen LogP contribution in [0.5, 0.6) is 0 Å². The van der Waals surface area contributed by atoms with Gasteiger partial charge in [0.25, 0.3) is 0 Å². The Kier molecular flexibility index (Phi) is 2.60. The van der Waals surface area contributed by atoms with E-state index in [0.29, 0.717) is 11.4 Å². The predicted molar refractivity (Wildman–Crippen MR) is 55.6 cm³/mol. The number of nitrogens with one attached hydrogen (secondary N) is 1. The first-order chi connectivity index (χ1) is 6.31. The Bertz CT molecular complexity index is 284. The van der Waals surface area contributed by atoms with Crippen LogP contribution in [-0.4, -0.2) is 21.3 Å². The smallest absolute Gasteiger partial charge is 0.0960 e. The van der Waals surface area contributed by atoms with Gasteiger partial charge in [-0.05, 0) is 6.42 Å². The van der Waals surface area contributed by atoms with Crippen molar-refractivity contribution in [1.82, 2.24) is 14.9 Å². The van der Waals surface area contributed by atoms with Gasteiger partial charge in [-0.2, -0.15) is 0 Å². The third-order valence-electron chi connectivity index (χ3n) is 2.47. The molecule has 0 amide bonds. The SMILES string of the molecule is CCC1CSC(c2cncn2C)N1. The van der Waals surface area contributed by atoms with Crippen LogP contribution < -0.4 is 5.32 Å². The molecule has 4 heteroatoms. The quantitative estimate of drug-likeness (QED) is 0.780. The molecule has 2 heterocycles. The van der Waals surface area contributed by atoms with Crippen molar-refractivity contribution < 1.29 is 0 Å². The van der Waals surface area contributed by atoms with Crippen molar-refractivity contribution >= 4 is 11.8 Å².